The van der Waals surface area contributed by atoms with Crippen LogP contribution in [0.5, 0.6) is 0 Å². The Hall–Kier alpha value is -0.677. The molecule has 0 spiro atoms. The molecule has 1 aromatic carbocycles. The van der Waals surface area contributed by atoms with Gasteiger partial charge >= 0.3 is 115 Å². The summed E-state index contributed by atoms with van der Waals surface area (Å²) in [6, 6.07) is 8.94. The normalized spacial score (nSPS) is 25.5. The number of benzene rings is 1. The first-order chi connectivity index (χ1) is 8.19. The number of hydrogen-bond donors (Lipinski definition) is 0. The van der Waals surface area contributed by atoms with Crippen LogP contribution in [0.4, 0.5) is 0 Å². The molecule has 0 nitrogen and oxygen atoms in total. The Morgan fingerprint density at radius 2 is 2.06 bits per heavy atom. The van der Waals surface area contributed by atoms with Gasteiger partial charge in [0.15, 0.2) is 0 Å². The van der Waals surface area contributed by atoms with Gasteiger partial charge in [0.1, 0.15) is 0 Å². The van der Waals surface area contributed by atoms with Crippen molar-refractivity contribution in [3.8, 4) is 0 Å². The van der Waals surface area contributed by atoms with E-state index in [0.29, 0.717) is 3.12 Å². The van der Waals surface area contributed by atoms with Crippen molar-refractivity contribution in [2.45, 2.75) is 23.4 Å². The van der Waals surface area contributed by atoms with Crippen LogP contribution in [0.3, 0.4) is 0 Å². The van der Waals surface area contributed by atoms with Crippen LogP contribution >= 0.6 is 0 Å². The molecule has 0 fully saturated rings. The fraction of sp³-hybridized carbons (Fsp3) is 0.250. The van der Waals surface area contributed by atoms with Crippen molar-refractivity contribution in [1.82, 2.24) is 0 Å². The van der Waals surface area contributed by atoms with E-state index < -0.39 is 23.2 Å². The van der Waals surface area contributed by atoms with Crippen LogP contribution in [-0.4, -0.2) is 0 Å². The van der Waals surface area contributed by atoms with Gasteiger partial charge in [-0.1, -0.05) is 0 Å². The van der Waals surface area contributed by atoms with Gasteiger partial charge < -0.3 is 0 Å². The summed E-state index contributed by atoms with van der Waals surface area (Å²) in [5.74, 6) is 0. The molecule has 1 unspecified atom stereocenters. The van der Waals surface area contributed by atoms with Gasteiger partial charge in [0, 0.05) is 0 Å². The van der Waals surface area contributed by atoms with Crippen LogP contribution in [0, 0.1) is 0 Å². The molecule has 0 aromatic heterocycles. The second-order valence-corrected chi connectivity index (χ2v) is 9.77. The average molecular weight is 300 g/mol. The molecule has 1 heteroatoms. The predicted octanol–water partition coefficient (Wildman–Crippen LogP) is 4.25. The molecule has 2 aliphatic rings. The molecule has 0 aliphatic heterocycles. The fourth-order valence-electron chi connectivity index (χ4n) is 2.85. The Bertz CT molecular complexity index is 548. The molecule has 0 N–H and O–H groups in total. The first kappa shape index (κ1) is 11.4. The molecule has 84 valence electrons. The van der Waals surface area contributed by atoms with Crippen LogP contribution in [0.2, 0.25) is 0 Å². The number of hydrogen-bond acceptors (Lipinski definition) is 0. The third-order valence-electron chi connectivity index (χ3n) is 3.61. The molecule has 0 bridgehead atoms. The van der Waals surface area contributed by atoms with E-state index in [1.165, 1.54) is 17.6 Å². The second kappa shape index (κ2) is 4.21. The topological polar surface area (TPSA) is 0 Å². The van der Waals surface area contributed by atoms with Gasteiger partial charge in [-0.25, -0.2) is 0 Å². The summed E-state index contributed by atoms with van der Waals surface area (Å²) in [7, 11) is 0. The van der Waals surface area contributed by atoms with E-state index in [-0.39, 0.29) is 0 Å². The van der Waals surface area contributed by atoms with Crippen molar-refractivity contribution in [3.63, 3.8) is 0 Å². The quantitative estimate of drug-likeness (QED) is 0.766. The van der Waals surface area contributed by atoms with E-state index in [1.807, 2.05) is 0 Å². The molecule has 17 heavy (non-hydrogen) atoms. The number of rotatable bonds is 2. The van der Waals surface area contributed by atoms with Crippen molar-refractivity contribution < 1.29 is 23.2 Å². The van der Waals surface area contributed by atoms with Gasteiger partial charge in [0.05, 0.1) is 0 Å². The van der Waals surface area contributed by atoms with Gasteiger partial charge in [-0.3, -0.25) is 0 Å². The van der Waals surface area contributed by atoms with Crippen molar-refractivity contribution in [2.24, 2.45) is 0 Å². The maximum absolute atomic E-state index is 2.52. The van der Waals surface area contributed by atoms with Crippen LogP contribution in [-0.2, 0) is 26.4 Å². The molecule has 0 amide bonds. The van der Waals surface area contributed by atoms with E-state index in [1.54, 1.807) is 8.84 Å². The monoisotopic (exact) mass is 298 g/mol. The molecule has 2 aliphatic carbocycles. The SMILES string of the molecule is CC1=C[C](C)([Zr][C]2=CC=CC2)c2ccccc21. The summed E-state index contributed by atoms with van der Waals surface area (Å²) in [5.41, 5.74) is 4.51. The fourth-order valence-corrected chi connectivity index (χ4v) is 7.04. The van der Waals surface area contributed by atoms with Gasteiger partial charge in [-0.15, -0.1) is 0 Å². The number of fused-ring (bicyclic) bond motifs is 1. The van der Waals surface area contributed by atoms with Crippen LogP contribution < -0.4 is 0 Å². The summed E-state index contributed by atoms with van der Waals surface area (Å²) in [6.45, 7) is 4.69. The minimum atomic E-state index is -0.564. The minimum absolute atomic E-state index is 0.363. The average Bonchev–Trinajstić information content (AvgIpc) is 2.89. The Morgan fingerprint density at radius 1 is 1.24 bits per heavy atom. The Labute approximate surface area is 115 Å². The zero-order chi connectivity index (χ0) is 11.9. The summed E-state index contributed by atoms with van der Waals surface area (Å²) < 4.78 is 2.08. The Balaban J connectivity index is 1.98. The summed E-state index contributed by atoms with van der Waals surface area (Å²) in [4.78, 5) is 0. The van der Waals surface area contributed by atoms with Gasteiger partial charge in [0.2, 0.25) is 0 Å². The van der Waals surface area contributed by atoms with E-state index in [9.17, 15) is 0 Å². The third-order valence-corrected chi connectivity index (χ3v) is 7.60. The zero-order valence-corrected chi connectivity index (χ0v) is 12.8. The summed E-state index contributed by atoms with van der Waals surface area (Å²) >= 11 is -0.564. The summed E-state index contributed by atoms with van der Waals surface area (Å²) in [6.07, 6.45) is 10.6. The van der Waals surface area contributed by atoms with E-state index in [2.05, 4.69) is 62.4 Å². The Morgan fingerprint density at radius 3 is 2.82 bits per heavy atom. The molecule has 1 atom stereocenters. The van der Waals surface area contributed by atoms with Crippen molar-refractivity contribution in [3.05, 3.63) is 63.0 Å². The van der Waals surface area contributed by atoms with E-state index in [4.69, 9.17) is 0 Å². The standard InChI is InChI=1S/C11H11.C5H5.Zr/c1-8-7-9(2)11-6-4-3-5-10(8)11;1-2-4-5-3-1;/h3-7H,1-2H3;1-3H,4H2;. The Kier molecular flexibility index (Phi) is 2.83. The van der Waals surface area contributed by atoms with Gasteiger partial charge in [-0.05, 0) is 0 Å². The van der Waals surface area contributed by atoms with Crippen LogP contribution in [0.25, 0.3) is 5.57 Å². The molecule has 0 radical (unpaired) electrons. The molecule has 0 heterocycles. The van der Waals surface area contributed by atoms with E-state index >= 15 is 0 Å². The maximum atomic E-state index is 2.52. The second-order valence-electron chi connectivity index (χ2n) is 5.02. The summed E-state index contributed by atoms with van der Waals surface area (Å²) in [5, 5.41) is 0. The van der Waals surface area contributed by atoms with Crippen molar-refractivity contribution in [1.29, 1.82) is 0 Å². The molecule has 1 aromatic rings. The molecular weight excluding hydrogens is 283 g/mol. The van der Waals surface area contributed by atoms with Crippen molar-refractivity contribution >= 4 is 5.57 Å². The van der Waals surface area contributed by atoms with Gasteiger partial charge in [0.25, 0.3) is 0 Å². The first-order valence-corrected chi connectivity index (χ1v) is 8.58. The van der Waals surface area contributed by atoms with Crippen LogP contribution in [0.1, 0.15) is 31.4 Å². The molecule has 0 saturated heterocycles. The van der Waals surface area contributed by atoms with Crippen molar-refractivity contribution in [2.75, 3.05) is 0 Å². The van der Waals surface area contributed by atoms with Crippen LogP contribution in [0.15, 0.2) is 51.9 Å². The predicted molar refractivity (Wildman–Crippen MR) is 69.3 cm³/mol. The number of allylic oxidation sites excluding steroid dienone is 6. The molecule has 3 rings (SSSR count). The first-order valence-electron chi connectivity index (χ1n) is 6.12. The van der Waals surface area contributed by atoms with Gasteiger partial charge in [-0.2, -0.15) is 0 Å². The zero-order valence-electron chi connectivity index (χ0n) is 10.3. The third kappa shape index (κ3) is 1.95. The van der Waals surface area contributed by atoms with E-state index in [0.717, 1.165) is 0 Å². The molecular formula is C16H16Zr. The molecule has 0 saturated carbocycles.